The Balaban J connectivity index is 0.000000402. The number of anilines is 2. The quantitative estimate of drug-likeness (QED) is 0.339. The molecular formula is C26H28ClF6N5O6. The first-order valence-corrected chi connectivity index (χ1v) is 13.1. The Bertz CT molecular complexity index is 1280. The number of pyridine rings is 1. The number of aromatic nitrogens is 1. The van der Waals surface area contributed by atoms with E-state index in [0.717, 1.165) is 19.4 Å². The van der Waals surface area contributed by atoms with E-state index in [-0.39, 0.29) is 18.0 Å². The first kappa shape index (κ1) is 36.1. The van der Waals surface area contributed by atoms with E-state index < -0.39 is 29.7 Å². The van der Waals surface area contributed by atoms with Crippen molar-refractivity contribution in [3.8, 4) is 0 Å². The van der Waals surface area contributed by atoms with Crippen LogP contribution in [0.15, 0.2) is 48.8 Å². The fraction of sp³-hybridized carbons (Fsp3) is 0.423. The van der Waals surface area contributed by atoms with Crippen LogP contribution in [-0.2, 0) is 14.4 Å². The molecule has 0 aliphatic carbocycles. The van der Waals surface area contributed by atoms with Crippen LogP contribution in [0.3, 0.4) is 0 Å². The second kappa shape index (κ2) is 15.1. The molecule has 2 aromatic rings. The lowest BCUT2D eigenvalue weighted by Gasteiger charge is -2.34. The monoisotopic (exact) mass is 655 g/mol. The van der Waals surface area contributed by atoms with Gasteiger partial charge in [0.15, 0.2) is 0 Å². The standard InChI is InChI=1S/C22H26ClN5O2.2C2HF3O2/c1-27-13-9-22(20(29)25-18-3-2-11-24-15-18)10-14-28(12-8-19(22)27)21(30)26-17-6-4-16(23)5-7-17;2*3-2(4,5)1(6)7/h2-7,11,15,19H,8-10,12-14H2,1H3,(H,25,29)(H,26,30);2*(H,6,7)/t19-,22-;;/m1../s1. The predicted octanol–water partition coefficient (Wildman–Crippen LogP) is 4.96. The van der Waals surface area contributed by atoms with Crippen LogP contribution in [0.25, 0.3) is 0 Å². The molecule has 18 heteroatoms. The van der Waals surface area contributed by atoms with Crippen molar-refractivity contribution < 1.29 is 55.7 Å². The number of aliphatic carboxylic acids is 2. The number of alkyl halides is 6. The second-order valence-electron chi connectivity index (χ2n) is 9.67. The van der Waals surface area contributed by atoms with Gasteiger partial charge in [0.2, 0.25) is 5.91 Å². The van der Waals surface area contributed by atoms with Crippen LogP contribution in [0.1, 0.15) is 19.3 Å². The molecule has 0 saturated carbocycles. The summed E-state index contributed by atoms with van der Waals surface area (Å²) in [7, 11) is 2.06. The van der Waals surface area contributed by atoms with Crippen molar-refractivity contribution in [2.45, 2.75) is 37.7 Å². The molecule has 1 aromatic carbocycles. The van der Waals surface area contributed by atoms with Gasteiger partial charge in [-0.05, 0) is 69.3 Å². The number of fused-ring (bicyclic) bond motifs is 1. The molecule has 2 aliphatic heterocycles. The molecule has 0 spiro atoms. The van der Waals surface area contributed by atoms with Crippen molar-refractivity contribution in [1.29, 1.82) is 0 Å². The van der Waals surface area contributed by atoms with Gasteiger partial charge in [0.05, 0.1) is 17.3 Å². The van der Waals surface area contributed by atoms with Gasteiger partial charge in [-0.2, -0.15) is 26.3 Å². The van der Waals surface area contributed by atoms with Crippen molar-refractivity contribution in [2.75, 3.05) is 37.3 Å². The fourth-order valence-corrected chi connectivity index (χ4v) is 4.77. The minimum absolute atomic E-state index is 0.0183. The third-order valence-electron chi connectivity index (χ3n) is 6.82. The molecular weight excluding hydrogens is 628 g/mol. The van der Waals surface area contributed by atoms with E-state index in [1.165, 1.54) is 0 Å². The van der Waals surface area contributed by atoms with Crippen molar-refractivity contribution in [3.63, 3.8) is 0 Å². The van der Waals surface area contributed by atoms with Crippen LogP contribution < -0.4 is 10.6 Å². The summed E-state index contributed by atoms with van der Waals surface area (Å²) >= 11 is 5.92. The number of carbonyl (C=O) groups is 4. The lowest BCUT2D eigenvalue weighted by atomic mass is 9.75. The lowest BCUT2D eigenvalue weighted by molar-refractivity contribution is -0.193. The Morgan fingerprint density at radius 3 is 1.93 bits per heavy atom. The largest absolute Gasteiger partial charge is 0.490 e. The summed E-state index contributed by atoms with van der Waals surface area (Å²) in [4.78, 5) is 52.1. The molecule has 11 nitrogen and oxygen atoms in total. The summed E-state index contributed by atoms with van der Waals surface area (Å²) in [5.41, 5.74) is 0.890. The smallest absolute Gasteiger partial charge is 0.475 e. The van der Waals surface area contributed by atoms with Gasteiger partial charge in [0.1, 0.15) is 0 Å². The molecule has 3 heterocycles. The predicted molar refractivity (Wildman–Crippen MR) is 145 cm³/mol. The minimum atomic E-state index is -5.08. The van der Waals surface area contributed by atoms with Crippen LogP contribution in [0.5, 0.6) is 0 Å². The maximum Gasteiger partial charge on any atom is 0.490 e. The third kappa shape index (κ3) is 10.3. The summed E-state index contributed by atoms with van der Waals surface area (Å²) in [6, 6.07) is 10.7. The maximum atomic E-state index is 13.4. The summed E-state index contributed by atoms with van der Waals surface area (Å²) in [5, 5.41) is 20.9. The highest BCUT2D eigenvalue weighted by Crippen LogP contribution is 2.44. The zero-order valence-electron chi connectivity index (χ0n) is 23.0. The van der Waals surface area contributed by atoms with Crippen molar-refractivity contribution >= 4 is 46.9 Å². The number of carboxylic acid groups (broad SMARTS) is 2. The maximum absolute atomic E-state index is 13.4. The highest BCUT2D eigenvalue weighted by atomic mass is 35.5. The van der Waals surface area contributed by atoms with Crippen LogP contribution >= 0.6 is 11.6 Å². The van der Waals surface area contributed by atoms with E-state index in [2.05, 4.69) is 27.6 Å². The van der Waals surface area contributed by atoms with E-state index in [9.17, 15) is 35.9 Å². The third-order valence-corrected chi connectivity index (χ3v) is 7.07. The van der Waals surface area contributed by atoms with Gasteiger partial charge < -0.3 is 30.6 Å². The van der Waals surface area contributed by atoms with Crippen LogP contribution in [0, 0.1) is 5.41 Å². The highest BCUT2D eigenvalue weighted by Gasteiger charge is 2.52. The number of likely N-dealkylation sites (tertiary alicyclic amines) is 2. The number of nitrogens with one attached hydrogen (secondary N) is 2. The molecule has 242 valence electrons. The van der Waals surface area contributed by atoms with Gasteiger partial charge in [-0.15, -0.1) is 0 Å². The molecule has 4 N–H and O–H groups in total. The molecule has 1 aromatic heterocycles. The van der Waals surface area contributed by atoms with E-state index in [1.807, 2.05) is 12.1 Å². The van der Waals surface area contributed by atoms with Crippen LogP contribution in [-0.4, -0.2) is 94.0 Å². The minimum Gasteiger partial charge on any atom is -0.475 e. The molecule has 44 heavy (non-hydrogen) atoms. The number of benzene rings is 1. The average Bonchev–Trinajstić information content (AvgIpc) is 3.13. The van der Waals surface area contributed by atoms with Gasteiger partial charge in [-0.1, -0.05) is 11.6 Å². The topological polar surface area (TPSA) is 152 Å². The number of carbonyl (C=O) groups excluding carboxylic acids is 2. The lowest BCUT2D eigenvalue weighted by Crippen LogP contribution is -2.46. The molecule has 2 aliphatic rings. The number of hydrogen-bond acceptors (Lipinski definition) is 6. The van der Waals surface area contributed by atoms with Gasteiger partial charge in [0.25, 0.3) is 0 Å². The van der Waals surface area contributed by atoms with E-state index in [0.29, 0.717) is 35.9 Å². The van der Waals surface area contributed by atoms with Gasteiger partial charge in [0, 0.05) is 36.0 Å². The Hall–Kier alpha value is -4.12. The summed E-state index contributed by atoms with van der Waals surface area (Å²) in [6.45, 7) is 2.02. The molecule has 4 rings (SSSR count). The van der Waals surface area contributed by atoms with E-state index in [4.69, 9.17) is 31.4 Å². The molecule has 0 bridgehead atoms. The second-order valence-corrected chi connectivity index (χ2v) is 10.1. The van der Waals surface area contributed by atoms with Crippen molar-refractivity contribution in [1.82, 2.24) is 14.8 Å². The number of nitrogens with zero attached hydrogens (tertiary/aromatic N) is 3. The van der Waals surface area contributed by atoms with E-state index >= 15 is 0 Å². The number of urea groups is 1. The summed E-state index contributed by atoms with van der Waals surface area (Å²) < 4.78 is 63.5. The first-order chi connectivity index (χ1) is 20.4. The molecule has 2 saturated heterocycles. The highest BCUT2D eigenvalue weighted by molar-refractivity contribution is 6.30. The van der Waals surface area contributed by atoms with Gasteiger partial charge in [-0.25, -0.2) is 14.4 Å². The van der Waals surface area contributed by atoms with E-state index in [1.54, 1.807) is 41.6 Å². The molecule has 2 atom stereocenters. The first-order valence-electron chi connectivity index (χ1n) is 12.7. The Morgan fingerprint density at radius 2 is 1.43 bits per heavy atom. The van der Waals surface area contributed by atoms with Gasteiger partial charge >= 0.3 is 30.3 Å². The Labute approximate surface area is 251 Å². The molecule has 2 fully saturated rings. The summed E-state index contributed by atoms with van der Waals surface area (Å²) in [6.07, 6.45) is -4.66. The number of carboxylic acids is 2. The number of amides is 3. The normalized spacial score (nSPS) is 20.0. The zero-order chi connectivity index (χ0) is 33.3. The number of hydrogen-bond donors (Lipinski definition) is 4. The molecule has 0 radical (unpaired) electrons. The van der Waals surface area contributed by atoms with Gasteiger partial charge in [-0.3, -0.25) is 9.78 Å². The number of halogens is 7. The van der Waals surface area contributed by atoms with Crippen LogP contribution in [0.4, 0.5) is 42.5 Å². The zero-order valence-corrected chi connectivity index (χ0v) is 23.7. The Kier molecular flexibility index (Phi) is 12.3. The SMILES string of the molecule is CN1CC[C@@]2(C(=O)Nc3cccnc3)CCN(C(=O)Nc3ccc(Cl)cc3)CC[C@@H]12.O=C(O)C(F)(F)F.O=C(O)C(F)(F)F. The molecule has 3 amide bonds. The average molecular weight is 656 g/mol. The van der Waals surface area contributed by atoms with Crippen LogP contribution in [0.2, 0.25) is 5.02 Å². The fourth-order valence-electron chi connectivity index (χ4n) is 4.64. The Morgan fingerprint density at radius 1 is 0.886 bits per heavy atom. The number of rotatable bonds is 3. The van der Waals surface area contributed by atoms with Crippen molar-refractivity contribution in [3.05, 3.63) is 53.8 Å². The summed E-state index contributed by atoms with van der Waals surface area (Å²) in [5.74, 6) is -5.50. The van der Waals surface area contributed by atoms with Crippen molar-refractivity contribution in [2.24, 2.45) is 5.41 Å². The molecule has 0 unspecified atom stereocenters.